The fraction of sp³-hybridized carbons (Fsp3) is 0.645. The van der Waals surface area contributed by atoms with Crippen molar-refractivity contribution in [2.24, 2.45) is 33.7 Å². The number of hydrogen-bond acceptors (Lipinski definition) is 5. The average Bonchev–Trinajstić information content (AvgIpc) is 3.21. The van der Waals surface area contributed by atoms with Gasteiger partial charge in [0, 0.05) is 12.5 Å². The molecule has 0 heterocycles. The molecule has 0 radical (unpaired) electrons. The zero-order chi connectivity index (χ0) is 26.9. The molecule has 0 spiro atoms. The van der Waals surface area contributed by atoms with Gasteiger partial charge < -0.3 is 20.4 Å². The molecule has 4 aliphatic carbocycles. The summed E-state index contributed by atoms with van der Waals surface area (Å²) in [5.74, 6) is 0.506. The van der Waals surface area contributed by atoms with Gasteiger partial charge >= 0.3 is 5.97 Å². The van der Waals surface area contributed by atoms with Crippen LogP contribution in [-0.4, -0.2) is 47.1 Å². The highest BCUT2D eigenvalue weighted by Crippen LogP contribution is 2.65. The van der Waals surface area contributed by atoms with Crippen molar-refractivity contribution in [3.8, 4) is 0 Å². The van der Waals surface area contributed by atoms with Crippen LogP contribution in [0.1, 0.15) is 83.1 Å². The number of hydrogen-bond donors (Lipinski definition) is 3. The molecule has 7 nitrogen and oxygen atoms in total. The lowest BCUT2D eigenvalue weighted by Crippen LogP contribution is -2.51. The zero-order valence-electron chi connectivity index (χ0n) is 22.7. The van der Waals surface area contributed by atoms with Crippen LogP contribution in [0, 0.1) is 28.6 Å². The van der Waals surface area contributed by atoms with Crippen LogP contribution in [0.15, 0.2) is 47.1 Å². The lowest BCUT2D eigenvalue weighted by molar-refractivity contribution is -0.137. The first kappa shape index (κ1) is 26.9. The van der Waals surface area contributed by atoms with E-state index in [1.807, 2.05) is 30.3 Å². The Morgan fingerprint density at radius 3 is 2.63 bits per heavy atom. The summed E-state index contributed by atoms with van der Waals surface area (Å²) in [5.41, 5.74) is 3.54. The van der Waals surface area contributed by atoms with Gasteiger partial charge in [0.1, 0.15) is 0 Å². The Morgan fingerprint density at radius 1 is 1.08 bits per heavy atom. The second-order valence-electron chi connectivity index (χ2n) is 12.5. The van der Waals surface area contributed by atoms with E-state index in [2.05, 4.69) is 30.4 Å². The molecular weight excluding hydrogens is 480 g/mol. The molecule has 0 aliphatic heterocycles. The van der Waals surface area contributed by atoms with Crippen molar-refractivity contribution >= 4 is 17.6 Å². The minimum absolute atomic E-state index is 0.0534. The number of nitrogens with one attached hydrogen (secondary N) is 1. The number of allylic oxidation sites excluding steroid dienone is 2. The molecule has 1 amide bonds. The number of amides is 1. The average molecular weight is 523 g/mol. The van der Waals surface area contributed by atoms with E-state index >= 15 is 0 Å². The monoisotopic (exact) mass is 522 g/mol. The molecule has 7 atom stereocenters. The molecule has 206 valence electrons. The first-order chi connectivity index (χ1) is 18.2. The van der Waals surface area contributed by atoms with Gasteiger partial charge in [-0.2, -0.15) is 0 Å². The molecule has 0 aromatic heterocycles. The number of carboxylic acid groups (broad SMARTS) is 1. The van der Waals surface area contributed by atoms with Crippen molar-refractivity contribution in [3.63, 3.8) is 0 Å². The summed E-state index contributed by atoms with van der Waals surface area (Å²) in [5, 5.41) is 27.0. The van der Waals surface area contributed by atoms with E-state index in [9.17, 15) is 19.8 Å². The Morgan fingerprint density at radius 2 is 1.87 bits per heavy atom. The van der Waals surface area contributed by atoms with Gasteiger partial charge in [-0.15, -0.1) is 0 Å². The zero-order valence-corrected chi connectivity index (χ0v) is 22.7. The third-order valence-electron chi connectivity index (χ3n) is 10.5. The summed E-state index contributed by atoms with van der Waals surface area (Å²) < 4.78 is 0. The molecule has 38 heavy (non-hydrogen) atoms. The molecule has 3 N–H and O–H groups in total. The fourth-order valence-electron chi connectivity index (χ4n) is 8.32. The van der Waals surface area contributed by atoms with Crippen molar-refractivity contribution < 1.29 is 24.6 Å². The van der Waals surface area contributed by atoms with Crippen LogP contribution in [0.3, 0.4) is 0 Å². The molecule has 5 rings (SSSR count). The first-order valence-electron chi connectivity index (χ1n) is 14.3. The van der Waals surface area contributed by atoms with Crippen LogP contribution < -0.4 is 5.32 Å². The summed E-state index contributed by atoms with van der Waals surface area (Å²) >= 11 is 0. The summed E-state index contributed by atoms with van der Waals surface area (Å²) in [7, 11) is 0. The second-order valence-corrected chi connectivity index (χ2v) is 12.5. The van der Waals surface area contributed by atoms with E-state index in [0.717, 1.165) is 43.4 Å². The standard InChI is InChI=1S/C31H42N2O5/c1-30-14-12-23(17-22(30)8-9-24-25-10-11-27(34)31(25,2)15-13-26(24)30)33-38-19-28(35)32-18-21(16-29(36)37)20-6-4-3-5-7-20/h3-7,17,21,24-27,34H,8-16,18-19H2,1-2H3,(H,32,35)(H,36,37)/b33-23+/t21-,24+,25+,26+,27+,30+,31+/m1/s1. The number of oxime groups is 1. The molecule has 0 unspecified atom stereocenters. The van der Waals surface area contributed by atoms with E-state index in [4.69, 9.17) is 4.84 Å². The molecule has 7 heteroatoms. The molecule has 3 saturated carbocycles. The van der Waals surface area contributed by atoms with Gasteiger partial charge in [0.2, 0.25) is 0 Å². The number of benzene rings is 1. The number of carbonyl (C=O) groups excluding carboxylic acids is 1. The van der Waals surface area contributed by atoms with E-state index in [-0.39, 0.29) is 48.3 Å². The van der Waals surface area contributed by atoms with Crippen molar-refractivity contribution in [3.05, 3.63) is 47.5 Å². The molecular formula is C31H42N2O5. The predicted octanol–water partition coefficient (Wildman–Crippen LogP) is 5.06. The molecule has 1 aromatic rings. The lowest BCUT2D eigenvalue weighted by Gasteiger charge is -2.57. The first-order valence-corrected chi connectivity index (χ1v) is 14.3. The Kier molecular flexibility index (Phi) is 7.67. The van der Waals surface area contributed by atoms with Crippen LogP contribution in [0.4, 0.5) is 0 Å². The summed E-state index contributed by atoms with van der Waals surface area (Å²) in [6.45, 7) is 4.81. The summed E-state index contributed by atoms with van der Waals surface area (Å²) in [6.07, 6.45) is 10.6. The number of nitrogens with zero attached hydrogens (tertiary/aromatic N) is 1. The number of aliphatic hydroxyl groups excluding tert-OH is 1. The Hall–Kier alpha value is -2.67. The van der Waals surface area contributed by atoms with Crippen LogP contribution in [-0.2, 0) is 14.4 Å². The van der Waals surface area contributed by atoms with E-state index in [1.165, 1.54) is 24.8 Å². The third-order valence-corrected chi connectivity index (χ3v) is 10.5. The maximum absolute atomic E-state index is 12.4. The maximum Gasteiger partial charge on any atom is 0.304 e. The van der Waals surface area contributed by atoms with Crippen LogP contribution in [0.5, 0.6) is 0 Å². The molecule has 0 saturated heterocycles. The lowest BCUT2D eigenvalue weighted by atomic mass is 9.47. The maximum atomic E-state index is 12.4. The van der Waals surface area contributed by atoms with Crippen LogP contribution >= 0.6 is 0 Å². The smallest absolute Gasteiger partial charge is 0.304 e. The van der Waals surface area contributed by atoms with Gasteiger partial charge in [-0.3, -0.25) is 9.59 Å². The van der Waals surface area contributed by atoms with Crippen LogP contribution in [0.25, 0.3) is 0 Å². The Bertz CT molecular complexity index is 1100. The van der Waals surface area contributed by atoms with Crippen molar-refractivity contribution in [2.75, 3.05) is 13.2 Å². The van der Waals surface area contributed by atoms with E-state index < -0.39 is 5.97 Å². The molecule has 3 fully saturated rings. The minimum Gasteiger partial charge on any atom is -0.481 e. The van der Waals surface area contributed by atoms with Crippen molar-refractivity contribution in [1.29, 1.82) is 0 Å². The van der Waals surface area contributed by atoms with E-state index in [0.29, 0.717) is 17.8 Å². The van der Waals surface area contributed by atoms with Gasteiger partial charge in [0.15, 0.2) is 6.61 Å². The number of aliphatic carboxylic acids is 1. The molecule has 1 aromatic carbocycles. The molecule has 4 aliphatic rings. The van der Waals surface area contributed by atoms with Crippen molar-refractivity contribution in [1.82, 2.24) is 5.32 Å². The number of fused-ring (bicyclic) bond motifs is 5. The summed E-state index contributed by atoms with van der Waals surface area (Å²) in [4.78, 5) is 29.1. The highest BCUT2D eigenvalue weighted by Gasteiger charge is 2.58. The van der Waals surface area contributed by atoms with E-state index in [1.54, 1.807) is 0 Å². The second kappa shape index (κ2) is 10.8. The van der Waals surface area contributed by atoms with Gasteiger partial charge in [0.05, 0.1) is 18.2 Å². The topological polar surface area (TPSA) is 108 Å². The third kappa shape index (κ3) is 5.14. The highest BCUT2D eigenvalue weighted by atomic mass is 16.6. The Balaban J connectivity index is 1.16. The molecule has 0 bridgehead atoms. The SMILES string of the molecule is C[C@]12CC[C@H]3[C@@H](CCC4=C/C(=N/OCC(=O)NC[C@@H](CC(=O)O)c5ccccc5)CC[C@@]43C)[C@@H]1CC[C@@H]2O. The largest absolute Gasteiger partial charge is 0.481 e. The summed E-state index contributed by atoms with van der Waals surface area (Å²) in [6, 6.07) is 9.37. The fourth-order valence-corrected chi connectivity index (χ4v) is 8.32. The van der Waals surface area contributed by atoms with Gasteiger partial charge in [-0.05, 0) is 91.6 Å². The quantitative estimate of drug-likeness (QED) is 0.414. The minimum atomic E-state index is -0.898. The number of carbonyl (C=O) groups is 2. The van der Waals surface area contributed by atoms with Gasteiger partial charge in [-0.1, -0.05) is 54.9 Å². The highest BCUT2D eigenvalue weighted by molar-refractivity contribution is 5.96. The Labute approximate surface area is 225 Å². The van der Waals surface area contributed by atoms with Crippen LogP contribution in [0.2, 0.25) is 0 Å². The van der Waals surface area contributed by atoms with Crippen molar-refractivity contribution in [2.45, 2.75) is 83.7 Å². The normalized spacial score (nSPS) is 35.9. The van der Waals surface area contributed by atoms with Gasteiger partial charge in [-0.25, -0.2) is 0 Å². The predicted molar refractivity (Wildman–Crippen MR) is 146 cm³/mol. The van der Waals surface area contributed by atoms with Gasteiger partial charge in [0.25, 0.3) is 5.91 Å². The number of rotatable bonds is 8. The number of aliphatic hydroxyl groups is 1. The number of carboxylic acids is 1.